The van der Waals surface area contributed by atoms with Crippen LogP contribution in [0, 0.1) is 17.2 Å². The highest BCUT2D eigenvalue weighted by atomic mass is 35.5. The molecule has 1 aromatic heterocycles. The van der Waals surface area contributed by atoms with Gasteiger partial charge in [-0.25, -0.2) is 4.98 Å². The second-order valence-corrected chi connectivity index (χ2v) is 6.33. The lowest BCUT2D eigenvalue weighted by molar-refractivity contribution is 0.0786. The number of carbonyl (C=O) groups excluding carboxylic acids is 1. The Hall–Kier alpha value is -2.38. The number of hydrogen-bond donors (Lipinski definition) is 0. The fraction of sp³-hybridized carbons (Fsp3) is 0.278. The molecule has 1 fully saturated rings. The zero-order valence-electron chi connectivity index (χ0n) is 12.7. The van der Waals surface area contributed by atoms with E-state index in [9.17, 15) is 4.79 Å². The smallest absolute Gasteiger partial charge is 0.255 e. The third kappa shape index (κ3) is 3.20. The summed E-state index contributed by atoms with van der Waals surface area (Å²) in [5.41, 5.74) is 2.04. The second kappa shape index (κ2) is 6.39. The minimum atomic E-state index is -0.0368. The molecule has 0 N–H and O–H groups in total. The van der Waals surface area contributed by atoms with E-state index in [-0.39, 0.29) is 5.91 Å². The van der Waals surface area contributed by atoms with Crippen molar-refractivity contribution in [1.82, 2.24) is 9.88 Å². The van der Waals surface area contributed by atoms with E-state index in [4.69, 9.17) is 16.9 Å². The predicted molar refractivity (Wildman–Crippen MR) is 88.2 cm³/mol. The van der Waals surface area contributed by atoms with Crippen LogP contribution in [0.2, 0.25) is 5.02 Å². The molecular weight excluding hydrogens is 310 g/mol. The molecule has 1 aromatic carbocycles. The molecule has 3 rings (SSSR count). The summed E-state index contributed by atoms with van der Waals surface area (Å²) in [5.74, 6) is 0.652. The number of halogens is 1. The number of carbonyl (C=O) groups is 1. The maximum atomic E-state index is 12.6. The minimum absolute atomic E-state index is 0.0368. The first-order chi connectivity index (χ1) is 11.1. The molecule has 1 amide bonds. The van der Waals surface area contributed by atoms with E-state index in [2.05, 4.69) is 11.9 Å². The van der Waals surface area contributed by atoms with Gasteiger partial charge in [0, 0.05) is 30.2 Å². The lowest BCUT2D eigenvalue weighted by Crippen LogP contribution is -2.29. The Balaban J connectivity index is 1.76. The van der Waals surface area contributed by atoms with E-state index >= 15 is 0 Å². The maximum absolute atomic E-state index is 12.6. The summed E-state index contributed by atoms with van der Waals surface area (Å²) in [6.07, 6.45) is 1.47. The molecule has 116 valence electrons. The molecule has 2 atom stereocenters. The third-order valence-corrected chi connectivity index (χ3v) is 4.57. The van der Waals surface area contributed by atoms with E-state index in [0.717, 1.165) is 5.02 Å². The van der Waals surface area contributed by atoms with Gasteiger partial charge in [-0.15, -0.1) is 0 Å². The Bertz CT molecular complexity index is 749. The molecule has 2 heterocycles. The summed E-state index contributed by atoms with van der Waals surface area (Å²) in [5, 5.41) is 9.49. The van der Waals surface area contributed by atoms with Gasteiger partial charge in [-0.3, -0.25) is 4.79 Å². The van der Waals surface area contributed by atoms with Crippen LogP contribution in [-0.4, -0.2) is 28.9 Å². The van der Waals surface area contributed by atoms with Gasteiger partial charge >= 0.3 is 0 Å². The lowest BCUT2D eigenvalue weighted by atomic mass is 9.90. The van der Waals surface area contributed by atoms with E-state index in [1.807, 2.05) is 35.2 Å². The average molecular weight is 326 g/mol. The summed E-state index contributed by atoms with van der Waals surface area (Å²) in [4.78, 5) is 18.4. The lowest BCUT2D eigenvalue weighted by Gasteiger charge is -2.16. The Morgan fingerprint density at radius 1 is 1.26 bits per heavy atom. The van der Waals surface area contributed by atoms with Gasteiger partial charge in [-0.2, -0.15) is 5.26 Å². The highest BCUT2D eigenvalue weighted by molar-refractivity contribution is 6.30. The molecule has 4 nitrogen and oxygen atoms in total. The Kier molecular flexibility index (Phi) is 4.31. The summed E-state index contributed by atoms with van der Waals surface area (Å²) >= 11 is 5.94. The first-order valence-electron chi connectivity index (χ1n) is 7.49. The van der Waals surface area contributed by atoms with Gasteiger partial charge in [0.1, 0.15) is 11.8 Å². The number of pyridine rings is 1. The van der Waals surface area contributed by atoms with Crippen molar-refractivity contribution in [3.63, 3.8) is 0 Å². The molecule has 0 saturated carbocycles. The SMILES string of the molecule is C[C@H]1CN(C(=O)c2ccc(C#N)nc2)C[C@@H]1c1ccc(Cl)cc1. The van der Waals surface area contributed by atoms with Crippen LogP contribution in [0.3, 0.4) is 0 Å². The minimum Gasteiger partial charge on any atom is -0.338 e. The van der Waals surface area contributed by atoms with Crippen LogP contribution in [-0.2, 0) is 0 Å². The molecule has 2 aromatic rings. The normalized spacial score (nSPS) is 20.3. The number of aromatic nitrogens is 1. The number of nitrogens with zero attached hydrogens (tertiary/aromatic N) is 3. The van der Waals surface area contributed by atoms with E-state index in [1.165, 1.54) is 11.8 Å². The first kappa shape index (κ1) is 15.5. The van der Waals surface area contributed by atoms with Crippen molar-refractivity contribution >= 4 is 17.5 Å². The number of likely N-dealkylation sites (tertiary alicyclic amines) is 1. The van der Waals surface area contributed by atoms with Crippen LogP contribution in [0.15, 0.2) is 42.6 Å². The molecule has 0 aliphatic carbocycles. The topological polar surface area (TPSA) is 57.0 Å². The van der Waals surface area contributed by atoms with Crippen LogP contribution in [0.5, 0.6) is 0 Å². The molecular formula is C18H16ClN3O. The molecule has 1 saturated heterocycles. The number of nitriles is 1. The van der Waals surface area contributed by atoms with Gasteiger partial charge < -0.3 is 4.90 Å². The van der Waals surface area contributed by atoms with Crippen LogP contribution in [0.4, 0.5) is 0 Å². The molecule has 5 heteroatoms. The Morgan fingerprint density at radius 3 is 2.61 bits per heavy atom. The highest BCUT2D eigenvalue weighted by Gasteiger charge is 2.33. The van der Waals surface area contributed by atoms with Gasteiger partial charge in [0.2, 0.25) is 0 Å². The number of benzene rings is 1. The van der Waals surface area contributed by atoms with Gasteiger partial charge in [-0.1, -0.05) is 30.7 Å². The van der Waals surface area contributed by atoms with Crippen LogP contribution in [0.1, 0.15) is 34.5 Å². The van der Waals surface area contributed by atoms with Gasteiger partial charge in [-0.05, 0) is 35.7 Å². The van der Waals surface area contributed by atoms with Crippen molar-refractivity contribution in [2.24, 2.45) is 5.92 Å². The zero-order chi connectivity index (χ0) is 16.4. The van der Waals surface area contributed by atoms with E-state index < -0.39 is 0 Å². The van der Waals surface area contributed by atoms with Gasteiger partial charge in [0.25, 0.3) is 5.91 Å². The molecule has 1 aliphatic rings. The first-order valence-corrected chi connectivity index (χ1v) is 7.87. The maximum Gasteiger partial charge on any atom is 0.255 e. The van der Waals surface area contributed by atoms with Gasteiger partial charge in [0.15, 0.2) is 0 Å². The quantitative estimate of drug-likeness (QED) is 0.849. The molecule has 0 radical (unpaired) electrons. The van der Waals surface area contributed by atoms with Crippen molar-refractivity contribution in [2.45, 2.75) is 12.8 Å². The number of amides is 1. The fourth-order valence-electron chi connectivity index (χ4n) is 3.05. The zero-order valence-corrected chi connectivity index (χ0v) is 13.5. The molecule has 0 spiro atoms. The van der Waals surface area contributed by atoms with Crippen molar-refractivity contribution in [3.8, 4) is 6.07 Å². The second-order valence-electron chi connectivity index (χ2n) is 5.89. The highest BCUT2D eigenvalue weighted by Crippen LogP contribution is 2.33. The van der Waals surface area contributed by atoms with E-state index in [0.29, 0.717) is 36.2 Å². The standard InChI is InChI=1S/C18H16ClN3O/c1-12-10-22(11-17(12)13-2-5-15(19)6-3-13)18(23)14-4-7-16(8-20)21-9-14/h2-7,9,12,17H,10-11H2,1H3/t12-,17-/m0/s1. The van der Waals surface area contributed by atoms with Crippen LogP contribution < -0.4 is 0 Å². The molecule has 0 unspecified atom stereocenters. The van der Waals surface area contributed by atoms with Crippen molar-refractivity contribution in [3.05, 3.63) is 64.4 Å². The molecule has 1 aliphatic heterocycles. The summed E-state index contributed by atoms with van der Waals surface area (Å²) < 4.78 is 0. The summed E-state index contributed by atoms with van der Waals surface area (Å²) in [7, 11) is 0. The largest absolute Gasteiger partial charge is 0.338 e. The van der Waals surface area contributed by atoms with Gasteiger partial charge in [0.05, 0.1) is 5.56 Å². The molecule has 0 bridgehead atoms. The van der Waals surface area contributed by atoms with Crippen molar-refractivity contribution < 1.29 is 4.79 Å². The predicted octanol–water partition coefficient (Wildman–Crippen LogP) is 3.48. The van der Waals surface area contributed by atoms with Crippen LogP contribution >= 0.6 is 11.6 Å². The summed E-state index contributed by atoms with van der Waals surface area (Å²) in [6, 6.07) is 13.0. The monoisotopic (exact) mass is 325 g/mol. The Morgan fingerprint density at radius 2 is 2.00 bits per heavy atom. The van der Waals surface area contributed by atoms with Crippen LogP contribution in [0.25, 0.3) is 0 Å². The van der Waals surface area contributed by atoms with Crippen molar-refractivity contribution in [1.29, 1.82) is 5.26 Å². The van der Waals surface area contributed by atoms with Crippen molar-refractivity contribution in [2.75, 3.05) is 13.1 Å². The molecule has 23 heavy (non-hydrogen) atoms. The average Bonchev–Trinajstić information content (AvgIpc) is 2.97. The Labute approximate surface area is 140 Å². The van der Waals surface area contributed by atoms with E-state index in [1.54, 1.807) is 12.1 Å². The summed E-state index contributed by atoms with van der Waals surface area (Å²) in [6.45, 7) is 3.55. The number of rotatable bonds is 2. The third-order valence-electron chi connectivity index (χ3n) is 4.32. The number of hydrogen-bond acceptors (Lipinski definition) is 3. The fourth-order valence-corrected chi connectivity index (χ4v) is 3.17.